The third-order valence-corrected chi connectivity index (χ3v) is 4.33. The molecule has 0 radical (unpaired) electrons. The molecule has 2 amide bonds. The summed E-state index contributed by atoms with van der Waals surface area (Å²) < 4.78 is 0. The molecule has 5 nitrogen and oxygen atoms in total. The maximum absolute atomic E-state index is 12.4. The van der Waals surface area contributed by atoms with Gasteiger partial charge >= 0.3 is 0 Å². The number of amides is 2. The Bertz CT molecular complexity index is 774. The molecule has 1 heterocycles. The summed E-state index contributed by atoms with van der Waals surface area (Å²) in [4.78, 5) is 25.4. The Hall–Kier alpha value is -2.92. The van der Waals surface area contributed by atoms with Crippen LogP contribution < -0.4 is 5.32 Å². The molecule has 25 heavy (non-hydrogen) atoms. The van der Waals surface area contributed by atoms with Crippen LogP contribution in [-0.2, 0) is 9.59 Å². The van der Waals surface area contributed by atoms with E-state index in [1.807, 2.05) is 72.8 Å². The third kappa shape index (κ3) is 3.61. The Kier molecular flexibility index (Phi) is 4.95. The van der Waals surface area contributed by atoms with Crippen molar-refractivity contribution in [3.05, 3.63) is 72.3 Å². The molecule has 2 aromatic rings. The molecule has 0 bridgehead atoms. The summed E-state index contributed by atoms with van der Waals surface area (Å²) in [5, 5.41) is 13.5. The summed E-state index contributed by atoms with van der Waals surface area (Å²) in [6, 6.07) is 18.6. The average molecular weight is 336 g/mol. The van der Waals surface area contributed by atoms with Gasteiger partial charge in [0, 0.05) is 12.7 Å². The van der Waals surface area contributed by atoms with E-state index in [0.29, 0.717) is 0 Å². The maximum atomic E-state index is 12.4. The van der Waals surface area contributed by atoms with Crippen molar-refractivity contribution in [2.24, 2.45) is 5.92 Å². The minimum absolute atomic E-state index is 0.386. The van der Waals surface area contributed by atoms with E-state index in [1.54, 1.807) is 0 Å². The second-order valence-electron chi connectivity index (χ2n) is 6.01. The van der Waals surface area contributed by atoms with Crippen LogP contribution in [0.4, 0.5) is 5.69 Å². The number of benzene rings is 2. The van der Waals surface area contributed by atoms with Gasteiger partial charge in [0.25, 0.3) is 5.91 Å². The van der Waals surface area contributed by atoms with Crippen molar-refractivity contribution in [3.8, 4) is 0 Å². The summed E-state index contributed by atoms with van der Waals surface area (Å²) in [6.45, 7) is 0. The Labute approximate surface area is 146 Å². The molecule has 0 saturated carbocycles. The number of likely N-dealkylation sites (tertiary alicyclic amines) is 1. The number of imide groups is 1. The molecule has 3 atom stereocenters. The molecule has 128 valence electrons. The van der Waals surface area contributed by atoms with Gasteiger partial charge in [-0.3, -0.25) is 14.5 Å². The van der Waals surface area contributed by atoms with E-state index in [2.05, 4.69) is 5.32 Å². The number of hydrogen-bond acceptors (Lipinski definition) is 4. The zero-order valence-electron chi connectivity index (χ0n) is 13.9. The molecule has 1 fully saturated rings. The molecule has 2 N–H and O–H groups in total. The number of para-hydroxylation sites is 1. The second-order valence-corrected chi connectivity index (χ2v) is 6.01. The van der Waals surface area contributed by atoms with Gasteiger partial charge in [0.05, 0.1) is 12.0 Å². The van der Waals surface area contributed by atoms with Crippen LogP contribution in [-0.4, -0.2) is 41.0 Å². The molecular formula is C20H20N2O3. The van der Waals surface area contributed by atoms with Crippen LogP contribution in [0.5, 0.6) is 0 Å². The fourth-order valence-electron chi connectivity index (χ4n) is 2.93. The molecule has 0 aromatic heterocycles. The van der Waals surface area contributed by atoms with Gasteiger partial charge in [-0.2, -0.15) is 0 Å². The quantitative estimate of drug-likeness (QED) is 0.821. The summed E-state index contributed by atoms with van der Waals surface area (Å²) >= 11 is 0. The molecule has 1 saturated heterocycles. The van der Waals surface area contributed by atoms with Crippen LogP contribution in [0.2, 0.25) is 0 Å². The zero-order chi connectivity index (χ0) is 17.8. The predicted octanol–water partition coefficient (Wildman–Crippen LogP) is 2.16. The monoisotopic (exact) mass is 336 g/mol. The Morgan fingerprint density at radius 3 is 2.16 bits per heavy atom. The van der Waals surface area contributed by atoms with Gasteiger partial charge in [-0.1, -0.05) is 60.7 Å². The number of rotatable bonds is 5. The van der Waals surface area contributed by atoms with E-state index in [9.17, 15) is 14.7 Å². The molecule has 0 aliphatic carbocycles. The highest BCUT2D eigenvalue weighted by atomic mass is 16.3. The first-order valence-corrected chi connectivity index (χ1v) is 8.12. The normalized spacial score (nSPS) is 21.8. The van der Waals surface area contributed by atoms with E-state index >= 15 is 0 Å². The van der Waals surface area contributed by atoms with Crippen molar-refractivity contribution in [2.45, 2.75) is 12.1 Å². The van der Waals surface area contributed by atoms with Crippen molar-refractivity contribution < 1.29 is 14.7 Å². The highest BCUT2D eigenvalue weighted by molar-refractivity contribution is 6.06. The molecule has 0 spiro atoms. The van der Waals surface area contributed by atoms with Gasteiger partial charge in [-0.15, -0.1) is 0 Å². The van der Waals surface area contributed by atoms with Crippen LogP contribution in [0.1, 0.15) is 5.56 Å². The van der Waals surface area contributed by atoms with Gasteiger partial charge in [0.15, 0.2) is 0 Å². The zero-order valence-corrected chi connectivity index (χ0v) is 13.9. The molecular weight excluding hydrogens is 316 g/mol. The van der Waals surface area contributed by atoms with Gasteiger partial charge in [-0.25, -0.2) is 0 Å². The molecule has 5 heteroatoms. The van der Waals surface area contributed by atoms with Crippen molar-refractivity contribution in [1.82, 2.24) is 4.90 Å². The van der Waals surface area contributed by atoms with Crippen LogP contribution >= 0.6 is 0 Å². The number of anilines is 1. The first-order chi connectivity index (χ1) is 12.1. The maximum Gasteiger partial charge on any atom is 0.258 e. The standard InChI is InChI=1S/C20H20N2O3/c1-22-19(24)17(18(23)20(22)25)16(21-15-10-6-3-7-11-15)13-12-14-8-4-2-5-9-14/h2-13,16-18,21,23H,1H3/b13-12+/t16-,17-,18+/m0/s1. The number of carbonyl (C=O) groups excluding carboxylic acids is 2. The highest BCUT2D eigenvalue weighted by Gasteiger charge is 2.48. The molecule has 0 unspecified atom stereocenters. The number of aliphatic hydroxyl groups is 1. The van der Waals surface area contributed by atoms with Crippen molar-refractivity contribution >= 4 is 23.6 Å². The van der Waals surface area contributed by atoms with E-state index in [1.165, 1.54) is 7.05 Å². The van der Waals surface area contributed by atoms with Crippen LogP contribution in [0, 0.1) is 5.92 Å². The minimum atomic E-state index is -1.35. The SMILES string of the molecule is CN1C(=O)[C@@H]([C@H](/C=C/c2ccccc2)Nc2ccccc2)[C@@H](O)C1=O. The van der Waals surface area contributed by atoms with Crippen LogP contribution in [0.15, 0.2) is 66.7 Å². The number of nitrogens with zero attached hydrogens (tertiary/aromatic N) is 1. The lowest BCUT2D eigenvalue weighted by atomic mass is 9.94. The molecule has 1 aliphatic rings. The predicted molar refractivity (Wildman–Crippen MR) is 96.6 cm³/mol. The van der Waals surface area contributed by atoms with Gasteiger partial charge in [0.2, 0.25) is 5.91 Å². The van der Waals surface area contributed by atoms with Crippen molar-refractivity contribution in [1.29, 1.82) is 0 Å². The van der Waals surface area contributed by atoms with Crippen LogP contribution in [0.25, 0.3) is 6.08 Å². The number of carbonyl (C=O) groups is 2. The lowest BCUT2D eigenvalue weighted by Gasteiger charge is -2.23. The first kappa shape index (κ1) is 16.9. The Balaban J connectivity index is 1.90. The number of aliphatic hydroxyl groups excluding tert-OH is 1. The van der Waals surface area contributed by atoms with E-state index in [0.717, 1.165) is 16.2 Å². The smallest absolute Gasteiger partial charge is 0.258 e. The van der Waals surface area contributed by atoms with E-state index in [-0.39, 0.29) is 5.91 Å². The Morgan fingerprint density at radius 2 is 1.60 bits per heavy atom. The highest BCUT2D eigenvalue weighted by Crippen LogP contribution is 2.26. The number of likely N-dealkylation sites (N-methyl/N-ethyl adjacent to an activating group) is 1. The minimum Gasteiger partial charge on any atom is -0.382 e. The summed E-state index contributed by atoms with van der Waals surface area (Å²) in [6.07, 6.45) is 2.35. The molecule has 1 aliphatic heterocycles. The van der Waals surface area contributed by atoms with Crippen molar-refractivity contribution in [3.63, 3.8) is 0 Å². The topological polar surface area (TPSA) is 69.6 Å². The van der Waals surface area contributed by atoms with Gasteiger partial charge < -0.3 is 10.4 Å². The fraction of sp³-hybridized carbons (Fsp3) is 0.200. The summed E-state index contributed by atoms with van der Waals surface area (Å²) in [5.41, 5.74) is 1.79. The number of nitrogens with one attached hydrogen (secondary N) is 1. The lowest BCUT2D eigenvalue weighted by Crippen LogP contribution is -2.38. The first-order valence-electron chi connectivity index (χ1n) is 8.12. The largest absolute Gasteiger partial charge is 0.382 e. The van der Waals surface area contributed by atoms with Crippen LogP contribution in [0.3, 0.4) is 0 Å². The van der Waals surface area contributed by atoms with Gasteiger partial charge in [0.1, 0.15) is 6.10 Å². The number of hydrogen-bond donors (Lipinski definition) is 2. The third-order valence-electron chi connectivity index (χ3n) is 4.33. The average Bonchev–Trinajstić information content (AvgIpc) is 2.84. The lowest BCUT2D eigenvalue weighted by molar-refractivity contribution is -0.139. The van der Waals surface area contributed by atoms with E-state index < -0.39 is 24.0 Å². The summed E-state index contributed by atoms with van der Waals surface area (Å²) in [5.74, 6) is -1.82. The Morgan fingerprint density at radius 1 is 1.00 bits per heavy atom. The van der Waals surface area contributed by atoms with Crippen molar-refractivity contribution in [2.75, 3.05) is 12.4 Å². The van der Waals surface area contributed by atoms with Gasteiger partial charge in [-0.05, 0) is 17.7 Å². The second kappa shape index (κ2) is 7.32. The summed E-state index contributed by atoms with van der Waals surface area (Å²) in [7, 11) is 1.40. The molecule has 2 aromatic carbocycles. The fourth-order valence-corrected chi connectivity index (χ4v) is 2.93. The molecule has 3 rings (SSSR count). The van der Waals surface area contributed by atoms with E-state index in [4.69, 9.17) is 0 Å².